The second-order valence-corrected chi connectivity index (χ2v) is 7.12. The highest BCUT2D eigenvalue weighted by Gasteiger charge is 2.56. The van der Waals surface area contributed by atoms with Gasteiger partial charge in [0.05, 0.1) is 12.2 Å². The van der Waals surface area contributed by atoms with Crippen LogP contribution in [0.4, 0.5) is 13.2 Å². The molecule has 0 bridgehead atoms. The van der Waals surface area contributed by atoms with Gasteiger partial charge in [-0.3, -0.25) is 4.79 Å². The molecule has 2 saturated heterocycles. The lowest BCUT2D eigenvalue weighted by molar-refractivity contribution is -0.218. The molecule has 0 saturated carbocycles. The lowest BCUT2D eigenvalue weighted by Gasteiger charge is -2.25. The van der Waals surface area contributed by atoms with Gasteiger partial charge in [-0.25, -0.2) is 0 Å². The van der Waals surface area contributed by atoms with Crippen LogP contribution in [0.15, 0.2) is 18.2 Å². The van der Waals surface area contributed by atoms with Gasteiger partial charge in [-0.2, -0.15) is 13.2 Å². The predicted octanol–water partition coefficient (Wildman–Crippen LogP) is 3.71. The van der Waals surface area contributed by atoms with E-state index in [1.165, 1.54) is 13.0 Å². The number of fused-ring (bicyclic) bond motifs is 1. The zero-order chi connectivity index (χ0) is 19.3. The van der Waals surface area contributed by atoms with Crippen LogP contribution in [-0.4, -0.2) is 36.2 Å². The van der Waals surface area contributed by atoms with Crippen molar-refractivity contribution in [1.82, 2.24) is 0 Å². The highest BCUT2D eigenvalue weighted by Crippen LogP contribution is 2.39. The Morgan fingerprint density at radius 3 is 2.58 bits per heavy atom. The molecule has 0 radical (unpaired) electrons. The van der Waals surface area contributed by atoms with Crippen molar-refractivity contribution in [3.05, 3.63) is 34.3 Å². The fourth-order valence-corrected chi connectivity index (χ4v) is 3.25. The zero-order valence-corrected chi connectivity index (χ0v) is 15.1. The SMILES string of the molecule is CC(=O)[C@H]1O[C@@H]2OC(C)(C)O[C@@H]2[C@H]1OCc1ccc(C(F)(F)F)cc1Cl. The number of ketones is 1. The molecule has 0 amide bonds. The van der Waals surface area contributed by atoms with Crippen molar-refractivity contribution >= 4 is 17.4 Å². The van der Waals surface area contributed by atoms with Gasteiger partial charge in [0.25, 0.3) is 0 Å². The molecule has 2 aliphatic heterocycles. The standard InChI is InChI=1S/C17H18ClF3O5/c1-8(22)12-13(14-15(24-12)26-16(2,3)25-14)23-7-9-4-5-10(6-11(9)18)17(19,20)21/h4-6,12-15H,7H2,1-3H3/t12-,13+,14-,15-/m1/s1. The van der Waals surface area contributed by atoms with Crippen molar-refractivity contribution in [1.29, 1.82) is 0 Å². The first-order chi connectivity index (χ1) is 12.0. The first-order valence-electron chi connectivity index (χ1n) is 7.97. The smallest absolute Gasteiger partial charge is 0.367 e. The molecule has 2 heterocycles. The number of carbonyl (C=O) groups excluding carboxylic acids is 1. The molecule has 4 atom stereocenters. The number of halogens is 4. The van der Waals surface area contributed by atoms with Gasteiger partial charge in [0, 0.05) is 5.02 Å². The fraction of sp³-hybridized carbons (Fsp3) is 0.588. The maximum absolute atomic E-state index is 12.7. The van der Waals surface area contributed by atoms with Crippen molar-refractivity contribution in [2.24, 2.45) is 0 Å². The average molecular weight is 395 g/mol. The maximum atomic E-state index is 12.7. The molecule has 2 aliphatic rings. The summed E-state index contributed by atoms with van der Waals surface area (Å²) in [6.45, 7) is 4.68. The zero-order valence-electron chi connectivity index (χ0n) is 14.3. The van der Waals surface area contributed by atoms with Gasteiger partial charge in [0.1, 0.15) is 18.3 Å². The summed E-state index contributed by atoms with van der Waals surface area (Å²) >= 11 is 5.94. The number of benzene rings is 1. The van der Waals surface area contributed by atoms with Gasteiger partial charge in [-0.15, -0.1) is 0 Å². The van der Waals surface area contributed by atoms with E-state index in [1.54, 1.807) is 13.8 Å². The molecule has 0 spiro atoms. The second-order valence-electron chi connectivity index (χ2n) is 6.72. The summed E-state index contributed by atoms with van der Waals surface area (Å²) in [5, 5.41) is -0.0708. The van der Waals surface area contributed by atoms with Crippen molar-refractivity contribution in [2.45, 2.75) is 63.9 Å². The number of carbonyl (C=O) groups is 1. The van der Waals surface area contributed by atoms with Gasteiger partial charge < -0.3 is 18.9 Å². The number of Topliss-reactive ketones (excluding diaryl/α,β-unsaturated/α-hetero) is 1. The number of ether oxygens (including phenoxy) is 4. The molecule has 2 fully saturated rings. The van der Waals surface area contributed by atoms with Crippen molar-refractivity contribution in [2.75, 3.05) is 0 Å². The van der Waals surface area contributed by atoms with E-state index in [-0.39, 0.29) is 17.4 Å². The van der Waals surface area contributed by atoms with E-state index in [4.69, 9.17) is 30.5 Å². The van der Waals surface area contributed by atoms with Crippen LogP contribution in [0, 0.1) is 0 Å². The largest absolute Gasteiger partial charge is 0.416 e. The van der Waals surface area contributed by atoms with Crippen LogP contribution >= 0.6 is 11.6 Å². The summed E-state index contributed by atoms with van der Waals surface area (Å²) in [5.74, 6) is -1.14. The first kappa shape index (κ1) is 19.6. The minimum atomic E-state index is -4.48. The Morgan fingerprint density at radius 2 is 2.00 bits per heavy atom. The third-order valence-electron chi connectivity index (χ3n) is 4.20. The van der Waals surface area contributed by atoms with Gasteiger partial charge in [-0.1, -0.05) is 17.7 Å². The Morgan fingerprint density at radius 1 is 1.31 bits per heavy atom. The Labute approximate surface area is 153 Å². The van der Waals surface area contributed by atoms with E-state index in [9.17, 15) is 18.0 Å². The van der Waals surface area contributed by atoms with Crippen LogP contribution in [0.3, 0.4) is 0 Å². The highest BCUT2D eigenvalue weighted by atomic mass is 35.5. The van der Waals surface area contributed by atoms with Crippen LogP contribution in [0.5, 0.6) is 0 Å². The van der Waals surface area contributed by atoms with Crippen LogP contribution < -0.4 is 0 Å². The van der Waals surface area contributed by atoms with E-state index < -0.39 is 42.1 Å². The van der Waals surface area contributed by atoms with Crippen LogP contribution in [0.1, 0.15) is 31.9 Å². The molecule has 0 aliphatic carbocycles. The summed E-state index contributed by atoms with van der Waals surface area (Å²) in [6, 6.07) is 3.02. The van der Waals surface area contributed by atoms with Gasteiger partial charge in [0.2, 0.25) is 0 Å². The Hall–Kier alpha value is -1.19. The molecule has 1 aromatic carbocycles. The van der Waals surface area contributed by atoms with E-state index in [0.717, 1.165) is 12.1 Å². The molecule has 0 N–H and O–H groups in total. The number of alkyl halides is 3. The normalized spacial score (nSPS) is 30.4. The molecule has 0 aromatic heterocycles. The molecule has 0 unspecified atom stereocenters. The molecule has 1 aromatic rings. The van der Waals surface area contributed by atoms with Crippen molar-refractivity contribution < 1.29 is 36.9 Å². The Balaban J connectivity index is 1.74. The molecular formula is C17H18ClF3O5. The maximum Gasteiger partial charge on any atom is 0.416 e. The van der Waals surface area contributed by atoms with E-state index in [2.05, 4.69) is 0 Å². The monoisotopic (exact) mass is 394 g/mol. The van der Waals surface area contributed by atoms with Crippen LogP contribution in [-0.2, 0) is 36.5 Å². The Bertz CT molecular complexity index is 706. The molecule has 144 valence electrons. The van der Waals surface area contributed by atoms with Gasteiger partial charge in [-0.05, 0) is 38.5 Å². The molecule has 5 nitrogen and oxygen atoms in total. The van der Waals surface area contributed by atoms with Crippen molar-refractivity contribution in [3.8, 4) is 0 Å². The quantitative estimate of drug-likeness (QED) is 0.779. The van der Waals surface area contributed by atoms with Crippen LogP contribution in [0.25, 0.3) is 0 Å². The minimum Gasteiger partial charge on any atom is -0.367 e. The van der Waals surface area contributed by atoms with E-state index in [1.807, 2.05) is 0 Å². The summed E-state index contributed by atoms with van der Waals surface area (Å²) in [7, 11) is 0. The summed E-state index contributed by atoms with van der Waals surface area (Å²) in [4.78, 5) is 11.8. The lowest BCUT2D eigenvalue weighted by Crippen LogP contribution is -2.39. The van der Waals surface area contributed by atoms with Crippen LogP contribution in [0.2, 0.25) is 5.02 Å². The van der Waals surface area contributed by atoms with Crippen molar-refractivity contribution in [3.63, 3.8) is 0 Å². The summed E-state index contributed by atoms with van der Waals surface area (Å²) < 4.78 is 60.8. The molecule has 26 heavy (non-hydrogen) atoms. The Kier molecular flexibility index (Phi) is 5.09. The molecule has 9 heteroatoms. The first-order valence-corrected chi connectivity index (χ1v) is 8.34. The average Bonchev–Trinajstić information content (AvgIpc) is 2.97. The fourth-order valence-electron chi connectivity index (χ4n) is 3.02. The third kappa shape index (κ3) is 3.89. The number of rotatable bonds is 4. The van der Waals surface area contributed by atoms with E-state index in [0.29, 0.717) is 5.56 Å². The van der Waals surface area contributed by atoms with E-state index >= 15 is 0 Å². The van der Waals surface area contributed by atoms with Gasteiger partial charge in [0.15, 0.2) is 17.9 Å². The molecule has 3 rings (SSSR count). The molecular weight excluding hydrogens is 377 g/mol. The van der Waals surface area contributed by atoms with Gasteiger partial charge >= 0.3 is 6.18 Å². The number of hydrogen-bond donors (Lipinski definition) is 0. The summed E-state index contributed by atoms with van der Waals surface area (Å²) in [5.41, 5.74) is -0.477. The lowest BCUT2D eigenvalue weighted by atomic mass is 10.1. The third-order valence-corrected chi connectivity index (χ3v) is 4.56. The highest BCUT2D eigenvalue weighted by molar-refractivity contribution is 6.31. The second kappa shape index (κ2) is 6.76. The predicted molar refractivity (Wildman–Crippen MR) is 84.4 cm³/mol. The topological polar surface area (TPSA) is 54.0 Å². The summed E-state index contributed by atoms with van der Waals surface area (Å²) in [6.07, 6.45) is -7.47. The number of hydrogen-bond acceptors (Lipinski definition) is 5. The minimum absolute atomic E-state index is 0.0708.